The van der Waals surface area contributed by atoms with E-state index in [-0.39, 0.29) is 6.04 Å². The second-order valence-electron chi connectivity index (χ2n) is 4.47. The molecule has 1 unspecified atom stereocenters. The zero-order valence-corrected chi connectivity index (χ0v) is 10.5. The van der Waals surface area contributed by atoms with Crippen molar-refractivity contribution >= 4 is 0 Å². The maximum atomic E-state index is 5.79. The summed E-state index contributed by atoms with van der Waals surface area (Å²) in [7, 11) is 0. The summed E-state index contributed by atoms with van der Waals surface area (Å²) in [5.41, 5.74) is 10.8. The number of rotatable bonds is 5. The highest BCUT2D eigenvalue weighted by Gasteiger charge is 2.09. The molecule has 0 fully saturated rings. The molecule has 0 heterocycles. The lowest BCUT2D eigenvalue weighted by Gasteiger charge is -2.18. The van der Waals surface area contributed by atoms with E-state index in [1.807, 2.05) is 6.92 Å². The topological polar surface area (TPSA) is 38.0 Å². The van der Waals surface area contributed by atoms with E-state index in [0.29, 0.717) is 6.54 Å². The summed E-state index contributed by atoms with van der Waals surface area (Å²) < 4.78 is 0. The zero-order valence-electron chi connectivity index (χ0n) is 10.5. The molecule has 0 spiro atoms. The van der Waals surface area contributed by atoms with Crippen molar-refractivity contribution in [3.8, 4) is 0 Å². The van der Waals surface area contributed by atoms with Crippen molar-refractivity contribution in [3.63, 3.8) is 0 Å². The molecule has 1 aromatic carbocycles. The largest absolute Gasteiger partial charge is 0.329 e. The van der Waals surface area contributed by atoms with Gasteiger partial charge in [-0.3, -0.25) is 0 Å². The second-order valence-corrected chi connectivity index (χ2v) is 4.47. The normalized spacial score (nSPS) is 12.5. The summed E-state index contributed by atoms with van der Waals surface area (Å²) in [6, 6.07) is 6.72. The van der Waals surface area contributed by atoms with Crippen LogP contribution in [0, 0.1) is 13.8 Å². The standard InChI is InChI=1S/C14H22N2/c1-10(2)9-16-14(8-15)13-6-5-11(3)12(4)7-13/h5-7,14,16H,1,8-9,15H2,2-4H3. The Balaban J connectivity index is 2.78. The van der Waals surface area contributed by atoms with E-state index >= 15 is 0 Å². The molecule has 1 aromatic rings. The smallest absolute Gasteiger partial charge is 0.0447 e. The third-order valence-corrected chi connectivity index (χ3v) is 2.82. The predicted molar refractivity (Wildman–Crippen MR) is 70.5 cm³/mol. The second kappa shape index (κ2) is 5.83. The van der Waals surface area contributed by atoms with E-state index in [0.717, 1.165) is 12.1 Å². The quantitative estimate of drug-likeness (QED) is 0.745. The third-order valence-electron chi connectivity index (χ3n) is 2.82. The van der Waals surface area contributed by atoms with Crippen LogP contribution in [0.5, 0.6) is 0 Å². The molecular weight excluding hydrogens is 196 g/mol. The van der Waals surface area contributed by atoms with Gasteiger partial charge in [0.1, 0.15) is 0 Å². The molecule has 0 bridgehead atoms. The molecule has 88 valence electrons. The average Bonchev–Trinajstić information content (AvgIpc) is 2.23. The molecule has 1 atom stereocenters. The van der Waals surface area contributed by atoms with Gasteiger partial charge < -0.3 is 11.1 Å². The molecule has 2 heteroatoms. The van der Waals surface area contributed by atoms with Gasteiger partial charge in [-0.1, -0.05) is 30.4 Å². The number of nitrogens with two attached hydrogens (primary N) is 1. The molecule has 0 aliphatic carbocycles. The van der Waals surface area contributed by atoms with Crippen molar-refractivity contribution in [1.29, 1.82) is 0 Å². The zero-order chi connectivity index (χ0) is 12.1. The molecular formula is C14H22N2. The molecule has 0 saturated carbocycles. The molecule has 0 saturated heterocycles. The summed E-state index contributed by atoms with van der Waals surface area (Å²) in [6.45, 7) is 11.6. The van der Waals surface area contributed by atoms with Crippen LogP contribution in [0.1, 0.15) is 29.7 Å². The first-order valence-electron chi connectivity index (χ1n) is 5.69. The Labute approximate surface area is 98.6 Å². The van der Waals surface area contributed by atoms with Gasteiger partial charge in [-0.05, 0) is 37.5 Å². The summed E-state index contributed by atoms with van der Waals surface area (Å²) >= 11 is 0. The maximum Gasteiger partial charge on any atom is 0.0447 e. The fraction of sp³-hybridized carbons (Fsp3) is 0.429. The Kier molecular flexibility index (Phi) is 4.71. The lowest BCUT2D eigenvalue weighted by Crippen LogP contribution is -2.29. The van der Waals surface area contributed by atoms with Crippen LogP contribution in [0.15, 0.2) is 30.4 Å². The first-order valence-corrected chi connectivity index (χ1v) is 5.69. The highest BCUT2D eigenvalue weighted by atomic mass is 14.9. The predicted octanol–water partition coefficient (Wildman–Crippen LogP) is 2.47. The molecule has 3 N–H and O–H groups in total. The van der Waals surface area contributed by atoms with Crippen LogP contribution >= 0.6 is 0 Å². The molecule has 2 nitrogen and oxygen atoms in total. The van der Waals surface area contributed by atoms with Crippen molar-refractivity contribution in [1.82, 2.24) is 5.32 Å². The Morgan fingerprint density at radius 1 is 1.38 bits per heavy atom. The minimum absolute atomic E-state index is 0.219. The molecule has 0 aliphatic heterocycles. The van der Waals surface area contributed by atoms with Gasteiger partial charge in [0.2, 0.25) is 0 Å². The van der Waals surface area contributed by atoms with Crippen molar-refractivity contribution in [2.24, 2.45) is 5.73 Å². The fourth-order valence-electron chi connectivity index (χ4n) is 1.62. The number of nitrogens with one attached hydrogen (secondary N) is 1. The van der Waals surface area contributed by atoms with Gasteiger partial charge in [0.25, 0.3) is 0 Å². The third kappa shape index (κ3) is 3.47. The summed E-state index contributed by atoms with van der Waals surface area (Å²) in [6.07, 6.45) is 0. The van der Waals surface area contributed by atoms with E-state index in [4.69, 9.17) is 5.73 Å². The fourth-order valence-corrected chi connectivity index (χ4v) is 1.62. The SMILES string of the molecule is C=C(C)CNC(CN)c1ccc(C)c(C)c1. The van der Waals surface area contributed by atoms with Crippen LogP contribution in [-0.2, 0) is 0 Å². The van der Waals surface area contributed by atoms with Crippen molar-refractivity contribution < 1.29 is 0 Å². The Hall–Kier alpha value is -1.12. The summed E-state index contributed by atoms with van der Waals surface area (Å²) in [4.78, 5) is 0. The van der Waals surface area contributed by atoms with Crippen LogP contribution in [0.25, 0.3) is 0 Å². The summed E-state index contributed by atoms with van der Waals surface area (Å²) in [5, 5.41) is 3.41. The Morgan fingerprint density at radius 2 is 2.06 bits per heavy atom. The van der Waals surface area contributed by atoms with Gasteiger partial charge in [-0.25, -0.2) is 0 Å². The first-order chi connectivity index (χ1) is 7.54. The Bertz CT molecular complexity index is 369. The number of hydrogen-bond donors (Lipinski definition) is 2. The molecule has 16 heavy (non-hydrogen) atoms. The first kappa shape index (κ1) is 12.9. The van der Waals surface area contributed by atoms with Crippen LogP contribution in [0.3, 0.4) is 0 Å². The number of aryl methyl sites for hydroxylation is 2. The van der Waals surface area contributed by atoms with Crippen molar-refractivity contribution in [2.45, 2.75) is 26.8 Å². The number of hydrogen-bond acceptors (Lipinski definition) is 2. The summed E-state index contributed by atoms with van der Waals surface area (Å²) in [5.74, 6) is 0. The highest BCUT2D eigenvalue weighted by Crippen LogP contribution is 2.16. The minimum Gasteiger partial charge on any atom is -0.329 e. The lowest BCUT2D eigenvalue weighted by molar-refractivity contribution is 0.569. The molecule has 1 rings (SSSR count). The lowest BCUT2D eigenvalue weighted by atomic mass is 10.0. The molecule has 0 aliphatic rings. The van der Waals surface area contributed by atoms with E-state index in [1.165, 1.54) is 16.7 Å². The van der Waals surface area contributed by atoms with Crippen molar-refractivity contribution in [3.05, 3.63) is 47.0 Å². The molecule has 0 aromatic heterocycles. The van der Waals surface area contributed by atoms with Crippen LogP contribution in [0.2, 0.25) is 0 Å². The van der Waals surface area contributed by atoms with E-state index in [9.17, 15) is 0 Å². The van der Waals surface area contributed by atoms with Gasteiger partial charge in [0.05, 0.1) is 0 Å². The Morgan fingerprint density at radius 3 is 2.56 bits per heavy atom. The van der Waals surface area contributed by atoms with Gasteiger partial charge in [0, 0.05) is 19.1 Å². The highest BCUT2D eigenvalue weighted by molar-refractivity contribution is 5.32. The van der Waals surface area contributed by atoms with Crippen LogP contribution < -0.4 is 11.1 Å². The van der Waals surface area contributed by atoms with E-state index in [2.05, 4.69) is 43.9 Å². The van der Waals surface area contributed by atoms with E-state index in [1.54, 1.807) is 0 Å². The molecule has 0 amide bonds. The van der Waals surface area contributed by atoms with Gasteiger partial charge in [-0.2, -0.15) is 0 Å². The van der Waals surface area contributed by atoms with Crippen LogP contribution in [-0.4, -0.2) is 13.1 Å². The van der Waals surface area contributed by atoms with E-state index < -0.39 is 0 Å². The van der Waals surface area contributed by atoms with Gasteiger partial charge in [0.15, 0.2) is 0 Å². The van der Waals surface area contributed by atoms with Gasteiger partial charge >= 0.3 is 0 Å². The molecule has 0 radical (unpaired) electrons. The average molecular weight is 218 g/mol. The van der Waals surface area contributed by atoms with Gasteiger partial charge in [-0.15, -0.1) is 0 Å². The maximum absolute atomic E-state index is 5.79. The monoisotopic (exact) mass is 218 g/mol. The number of benzene rings is 1. The van der Waals surface area contributed by atoms with Crippen molar-refractivity contribution in [2.75, 3.05) is 13.1 Å². The van der Waals surface area contributed by atoms with Crippen LogP contribution in [0.4, 0.5) is 0 Å². The minimum atomic E-state index is 0.219.